The number of hydrogen-bond acceptors (Lipinski definition) is 3. The SMILES string of the molecule is CN(CC1(C)CCNC1)C1CCSc2ccc(Br)cc21. The van der Waals surface area contributed by atoms with E-state index in [9.17, 15) is 0 Å². The lowest BCUT2D eigenvalue weighted by molar-refractivity contribution is 0.155. The van der Waals surface area contributed by atoms with Gasteiger partial charge in [-0.1, -0.05) is 22.9 Å². The minimum atomic E-state index is 0.436. The molecule has 1 aromatic rings. The van der Waals surface area contributed by atoms with Crippen LogP contribution in [0.1, 0.15) is 31.4 Å². The predicted molar refractivity (Wildman–Crippen MR) is 90.4 cm³/mol. The molecule has 0 aliphatic carbocycles. The van der Waals surface area contributed by atoms with Crippen LogP contribution in [0.15, 0.2) is 27.6 Å². The second kappa shape index (κ2) is 5.99. The van der Waals surface area contributed by atoms with Crippen LogP contribution in [0.3, 0.4) is 0 Å². The molecule has 1 fully saturated rings. The highest BCUT2D eigenvalue weighted by atomic mass is 79.9. The summed E-state index contributed by atoms with van der Waals surface area (Å²) in [4.78, 5) is 4.05. The Morgan fingerprint density at radius 2 is 2.35 bits per heavy atom. The van der Waals surface area contributed by atoms with E-state index >= 15 is 0 Å². The molecular formula is C16H23BrN2S. The quantitative estimate of drug-likeness (QED) is 0.885. The van der Waals surface area contributed by atoms with E-state index in [4.69, 9.17) is 0 Å². The summed E-state index contributed by atoms with van der Waals surface area (Å²) in [5.74, 6) is 1.23. The number of nitrogens with zero attached hydrogens (tertiary/aromatic N) is 1. The lowest BCUT2D eigenvalue weighted by Crippen LogP contribution is -2.38. The number of nitrogens with one attached hydrogen (secondary N) is 1. The zero-order valence-electron chi connectivity index (χ0n) is 12.3. The molecule has 1 saturated heterocycles. The monoisotopic (exact) mass is 354 g/mol. The zero-order chi connectivity index (χ0) is 14.2. The van der Waals surface area contributed by atoms with Gasteiger partial charge < -0.3 is 5.32 Å². The minimum absolute atomic E-state index is 0.436. The van der Waals surface area contributed by atoms with E-state index in [1.165, 1.54) is 46.6 Å². The van der Waals surface area contributed by atoms with Crippen molar-refractivity contribution >= 4 is 27.7 Å². The van der Waals surface area contributed by atoms with Crippen molar-refractivity contribution in [2.45, 2.75) is 30.7 Å². The lowest BCUT2D eigenvalue weighted by atomic mass is 9.88. The van der Waals surface area contributed by atoms with Crippen LogP contribution in [0.4, 0.5) is 0 Å². The highest BCUT2D eigenvalue weighted by Gasteiger charge is 2.33. The Kier molecular flexibility index (Phi) is 4.46. The molecule has 20 heavy (non-hydrogen) atoms. The standard InChI is InChI=1S/C16H23BrN2S/c1-16(6-7-18-10-16)11-19(2)14-5-8-20-15-4-3-12(17)9-13(14)15/h3-4,9,14,18H,5-8,10-11H2,1-2H3. The molecule has 1 N–H and O–H groups in total. The molecule has 2 heterocycles. The third-order valence-corrected chi connectivity index (χ3v) is 6.22. The summed E-state index contributed by atoms with van der Waals surface area (Å²) in [5, 5.41) is 3.51. The molecule has 0 radical (unpaired) electrons. The van der Waals surface area contributed by atoms with E-state index in [1.54, 1.807) is 0 Å². The van der Waals surface area contributed by atoms with Crippen LogP contribution < -0.4 is 5.32 Å². The minimum Gasteiger partial charge on any atom is -0.316 e. The molecule has 2 unspecified atom stereocenters. The molecule has 110 valence electrons. The van der Waals surface area contributed by atoms with Gasteiger partial charge in [-0.05, 0) is 61.4 Å². The number of rotatable bonds is 3. The van der Waals surface area contributed by atoms with E-state index in [1.807, 2.05) is 11.8 Å². The van der Waals surface area contributed by atoms with Crippen LogP contribution >= 0.6 is 27.7 Å². The van der Waals surface area contributed by atoms with Crippen molar-refractivity contribution < 1.29 is 0 Å². The molecule has 0 saturated carbocycles. The molecule has 1 aromatic carbocycles. The Morgan fingerprint density at radius 3 is 3.10 bits per heavy atom. The summed E-state index contributed by atoms with van der Waals surface area (Å²) in [7, 11) is 2.30. The molecule has 3 rings (SSSR count). The maximum Gasteiger partial charge on any atom is 0.0364 e. The number of thioether (sulfide) groups is 1. The van der Waals surface area contributed by atoms with Crippen molar-refractivity contribution in [1.82, 2.24) is 10.2 Å². The normalized spacial score (nSPS) is 29.7. The first-order chi connectivity index (χ1) is 9.57. The molecule has 2 aliphatic rings. The number of halogens is 1. The van der Waals surface area contributed by atoms with Gasteiger partial charge in [-0.2, -0.15) is 0 Å². The first-order valence-corrected chi connectivity index (χ1v) is 9.18. The second-order valence-corrected chi connectivity index (χ2v) is 8.54. The molecule has 4 heteroatoms. The van der Waals surface area contributed by atoms with Crippen molar-refractivity contribution in [3.63, 3.8) is 0 Å². The van der Waals surface area contributed by atoms with Crippen LogP contribution in [-0.4, -0.2) is 37.3 Å². The van der Waals surface area contributed by atoms with Gasteiger partial charge in [0.15, 0.2) is 0 Å². The fraction of sp³-hybridized carbons (Fsp3) is 0.625. The second-order valence-electron chi connectivity index (χ2n) is 6.49. The zero-order valence-corrected chi connectivity index (χ0v) is 14.7. The Balaban J connectivity index is 1.79. The first-order valence-electron chi connectivity index (χ1n) is 7.41. The van der Waals surface area contributed by atoms with E-state index in [2.05, 4.69) is 58.3 Å². The summed E-state index contributed by atoms with van der Waals surface area (Å²) >= 11 is 5.63. The Bertz CT molecular complexity index is 485. The third-order valence-electron chi connectivity index (χ3n) is 4.60. The Hall–Kier alpha value is -0.0300. The van der Waals surface area contributed by atoms with Crippen molar-refractivity contribution in [3.8, 4) is 0 Å². The fourth-order valence-electron chi connectivity index (χ4n) is 3.52. The maximum atomic E-state index is 3.63. The van der Waals surface area contributed by atoms with Gasteiger partial charge >= 0.3 is 0 Å². The van der Waals surface area contributed by atoms with Crippen molar-refractivity contribution in [1.29, 1.82) is 0 Å². The van der Waals surface area contributed by atoms with E-state index in [0.717, 1.165) is 6.54 Å². The number of benzene rings is 1. The van der Waals surface area contributed by atoms with Crippen LogP contribution in [0.2, 0.25) is 0 Å². The van der Waals surface area contributed by atoms with Crippen LogP contribution in [0.25, 0.3) is 0 Å². The molecule has 2 nitrogen and oxygen atoms in total. The highest BCUT2D eigenvalue weighted by molar-refractivity contribution is 9.10. The molecular weight excluding hydrogens is 332 g/mol. The van der Waals surface area contributed by atoms with Crippen molar-refractivity contribution in [3.05, 3.63) is 28.2 Å². The van der Waals surface area contributed by atoms with Gasteiger partial charge in [0.05, 0.1) is 0 Å². The van der Waals surface area contributed by atoms with E-state index in [0.29, 0.717) is 11.5 Å². The molecule has 2 atom stereocenters. The van der Waals surface area contributed by atoms with Gasteiger partial charge in [-0.3, -0.25) is 4.90 Å². The molecule has 0 amide bonds. The van der Waals surface area contributed by atoms with Crippen LogP contribution in [0.5, 0.6) is 0 Å². The maximum absolute atomic E-state index is 3.63. The van der Waals surface area contributed by atoms with Gasteiger partial charge in [-0.25, -0.2) is 0 Å². The molecule has 2 aliphatic heterocycles. The smallest absolute Gasteiger partial charge is 0.0364 e. The van der Waals surface area contributed by atoms with E-state index in [-0.39, 0.29) is 0 Å². The van der Waals surface area contributed by atoms with Gasteiger partial charge in [0, 0.05) is 28.5 Å². The Morgan fingerprint density at radius 1 is 1.50 bits per heavy atom. The van der Waals surface area contributed by atoms with E-state index < -0.39 is 0 Å². The molecule has 0 aromatic heterocycles. The first kappa shape index (κ1) is 14.9. The number of hydrogen-bond donors (Lipinski definition) is 1. The van der Waals surface area contributed by atoms with Gasteiger partial charge in [-0.15, -0.1) is 11.8 Å². The average molecular weight is 355 g/mol. The van der Waals surface area contributed by atoms with Crippen molar-refractivity contribution in [2.75, 3.05) is 32.4 Å². The summed E-state index contributed by atoms with van der Waals surface area (Å²) < 4.78 is 1.20. The fourth-order valence-corrected chi connectivity index (χ4v) is 4.99. The third kappa shape index (κ3) is 3.08. The predicted octanol–water partition coefficient (Wildman–Crippen LogP) is 3.92. The Labute approximate surface area is 134 Å². The van der Waals surface area contributed by atoms with Gasteiger partial charge in [0.1, 0.15) is 0 Å². The summed E-state index contributed by atoms with van der Waals surface area (Å²) in [6.07, 6.45) is 2.55. The van der Waals surface area contributed by atoms with Gasteiger partial charge in [0.25, 0.3) is 0 Å². The molecule has 0 bridgehead atoms. The van der Waals surface area contributed by atoms with Gasteiger partial charge in [0.2, 0.25) is 0 Å². The largest absolute Gasteiger partial charge is 0.316 e. The topological polar surface area (TPSA) is 15.3 Å². The molecule has 0 spiro atoms. The summed E-state index contributed by atoms with van der Waals surface area (Å²) in [6.45, 7) is 5.93. The summed E-state index contributed by atoms with van der Waals surface area (Å²) in [6, 6.07) is 7.32. The van der Waals surface area contributed by atoms with Crippen LogP contribution in [0, 0.1) is 5.41 Å². The lowest BCUT2D eigenvalue weighted by Gasteiger charge is -2.37. The average Bonchev–Trinajstić information content (AvgIpc) is 2.84. The summed E-state index contributed by atoms with van der Waals surface area (Å²) in [5.41, 5.74) is 1.94. The number of fused-ring (bicyclic) bond motifs is 1. The highest BCUT2D eigenvalue weighted by Crippen LogP contribution is 2.41. The van der Waals surface area contributed by atoms with Crippen molar-refractivity contribution in [2.24, 2.45) is 5.41 Å². The van der Waals surface area contributed by atoms with Crippen LogP contribution in [-0.2, 0) is 0 Å².